The lowest BCUT2D eigenvalue weighted by Gasteiger charge is -2.45. The Morgan fingerprint density at radius 1 is 0.900 bits per heavy atom. The number of para-hydroxylation sites is 1. The standard InChI is InChI=1S/C32H38N4O4/c33-19-23-6-12-26(13-7-23)30-39-28(18-29(40-30)25-10-8-24(21-37)9-11-25)20-35-16-14-32(15-17-35)31(38)34-22-36(32)27-4-2-1-3-5-27/h1-13,28-30,37H,14-22,33H2,(H,34,38)/t28-,29+,30?/m0/s1. The molecule has 3 aliphatic heterocycles. The first-order valence-corrected chi connectivity index (χ1v) is 14.2. The molecule has 3 saturated heterocycles. The van der Waals surface area contributed by atoms with Crippen molar-refractivity contribution in [1.82, 2.24) is 10.2 Å². The number of aliphatic hydroxyl groups excluding tert-OH is 1. The fraction of sp³-hybridized carbons (Fsp3) is 0.406. The highest BCUT2D eigenvalue weighted by Crippen LogP contribution is 2.40. The Morgan fingerprint density at radius 3 is 2.25 bits per heavy atom. The van der Waals surface area contributed by atoms with Crippen molar-refractivity contribution in [3.63, 3.8) is 0 Å². The van der Waals surface area contributed by atoms with E-state index in [1.807, 2.05) is 66.7 Å². The summed E-state index contributed by atoms with van der Waals surface area (Å²) in [5.41, 5.74) is 10.4. The molecule has 0 radical (unpaired) electrons. The van der Waals surface area contributed by atoms with Crippen molar-refractivity contribution >= 4 is 11.6 Å². The SMILES string of the molecule is NCc1ccc(C2O[C@H](CN3CCC4(CC3)C(=O)NCN4c3ccccc3)C[C@H](c3ccc(CO)cc3)O2)cc1. The van der Waals surface area contributed by atoms with Crippen LogP contribution >= 0.6 is 0 Å². The summed E-state index contributed by atoms with van der Waals surface area (Å²) in [6.45, 7) is 3.48. The number of anilines is 1. The number of hydrogen-bond acceptors (Lipinski definition) is 7. The number of nitrogens with zero attached hydrogens (tertiary/aromatic N) is 2. The van der Waals surface area contributed by atoms with Crippen LogP contribution in [0.1, 0.15) is 53.9 Å². The lowest BCUT2D eigenvalue weighted by atomic mass is 9.85. The summed E-state index contributed by atoms with van der Waals surface area (Å²) < 4.78 is 13.0. The van der Waals surface area contributed by atoms with Gasteiger partial charge in [0.05, 0.1) is 25.5 Å². The Morgan fingerprint density at radius 2 is 1.57 bits per heavy atom. The molecule has 0 bridgehead atoms. The summed E-state index contributed by atoms with van der Waals surface area (Å²) in [5.74, 6) is 0.130. The van der Waals surface area contributed by atoms with Crippen LogP contribution in [0, 0.1) is 0 Å². The molecule has 3 aliphatic rings. The van der Waals surface area contributed by atoms with E-state index in [0.29, 0.717) is 13.2 Å². The number of nitrogens with one attached hydrogen (secondary N) is 1. The number of carbonyl (C=O) groups is 1. The molecule has 3 aromatic carbocycles. The van der Waals surface area contributed by atoms with Gasteiger partial charge in [-0.3, -0.25) is 4.79 Å². The molecule has 3 atom stereocenters. The fourth-order valence-electron chi connectivity index (χ4n) is 6.27. The summed E-state index contributed by atoms with van der Waals surface area (Å²) in [6, 6.07) is 26.3. The van der Waals surface area contributed by atoms with Crippen LogP contribution in [0.3, 0.4) is 0 Å². The normalized spacial score (nSPS) is 24.8. The minimum atomic E-state index is -0.501. The number of rotatable bonds is 7. The van der Waals surface area contributed by atoms with Crippen molar-refractivity contribution < 1.29 is 19.4 Å². The van der Waals surface area contributed by atoms with E-state index >= 15 is 0 Å². The lowest BCUT2D eigenvalue weighted by molar-refractivity contribution is -0.253. The van der Waals surface area contributed by atoms with Crippen molar-refractivity contribution in [3.05, 3.63) is 101 Å². The second-order valence-electron chi connectivity index (χ2n) is 11.1. The molecule has 8 nitrogen and oxygen atoms in total. The highest BCUT2D eigenvalue weighted by Gasteiger charge is 2.50. The lowest BCUT2D eigenvalue weighted by Crippen LogP contribution is -2.57. The molecule has 40 heavy (non-hydrogen) atoms. The third-order valence-electron chi connectivity index (χ3n) is 8.65. The fourth-order valence-corrected chi connectivity index (χ4v) is 6.27. The van der Waals surface area contributed by atoms with Gasteiger partial charge in [0.25, 0.3) is 0 Å². The van der Waals surface area contributed by atoms with Crippen molar-refractivity contribution in [2.24, 2.45) is 5.73 Å². The van der Waals surface area contributed by atoms with Crippen LogP contribution < -0.4 is 16.0 Å². The van der Waals surface area contributed by atoms with Gasteiger partial charge in [0.2, 0.25) is 5.91 Å². The summed E-state index contributed by atoms with van der Waals surface area (Å²) in [7, 11) is 0. The summed E-state index contributed by atoms with van der Waals surface area (Å²) in [4.78, 5) is 17.8. The van der Waals surface area contributed by atoms with Gasteiger partial charge in [-0.2, -0.15) is 0 Å². The van der Waals surface area contributed by atoms with Gasteiger partial charge in [0.1, 0.15) is 5.54 Å². The maximum absolute atomic E-state index is 13.1. The van der Waals surface area contributed by atoms with E-state index < -0.39 is 11.8 Å². The summed E-state index contributed by atoms with van der Waals surface area (Å²) in [5, 5.41) is 12.6. The van der Waals surface area contributed by atoms with E-state index in [0.717, 1.165) is 66.8 Å². The number of amides is 1. The number of ether oxygens (including phenoxy) is 2. The predicted octanol–water partition coefficient (Wildman–Crippen LogP) is 3.61. The number of benzene rings is 3. The Hall–Kier alpha value is -3.27. The van der Waals surface area contributed by atoms with E-state index in [1.165, 1.54) is 0 Å². The topological polar surface area (TPSA) is 100 Å². The first-order valence-electron chi connectivity index (χ1n) is 14.2. The molecule has 0 saturated carbocycles. The van der Waals surface area contributed by atoms with Gasteiger partial charge in [-0.05, 0) is 41.7 Å². The van der Waals surface area contributed by atoms with Gasteiger partial charge in [-0.25, -0.2) is 0 Å². The monoisotopic (exact) mass is 542 g/mol. The number of piperidine rings is 1. The average Bonchev–Trinajstić information content (AvgIpc) is 3.33. The van der Waals surface area contributed by atoms with E-state index in [2.05, 4.69) is 27.2 Å². The second kappa shape index (κ2) is 11.7. The van der Waals surface area contributed by atoms with Crippen molar-refractivity contribution in [2.45, 2.75) is 56.5 Å². The minimum Gasteiger partial charge on any atom is -0.392 e. The zero-order valence-corrected chi connectivity index (χ0v) is 22.7. The van der Waals surface area contributed by atoms with Gasteiger partial charge < -0.3 is 35.4 Å². The molecular weight excluding hydrogens is 504 g/mol. The maximum Gasteiger partial charge on any atom is 0.247 e. The molecule has 3 fully saturated rings. The molecule has 4 N–H and O–H groups in total. The van der Waals surface area contributed by atoms with Gasteiger partial charge in [0.15, 0.2) is 6.29 Å². The van der Waals surface area contributed by atoms with E-state index in [9.17, 15) is 9.90 Å². The summed E-state index contributed by atoms with van der Waals surface area (Å²) >= 11 is 0. The number of aliphatic hydroxyl groups is 1. The minimum absolute atomic E-state index is 0.0177. The van der Waals surface area contributed by atoms with E-state index in [1.54, 1.807) is 0 Å². The zero-order valence-electron chi connectivity index (χ0n) is 22.7. The van der Waals surface area contributed by atoms with E-state index in [4.69, 9.17) is 15.2 Å². The Labute approximate surface area is 235 Å². The molecule has 1 spiro atoms. The van der Waals surface area contributed by atoms with Crippen LogP contribution in [-0.4, -0.2) is 53.9 Å². The Kier molecular flexibility index (Phi) is 7.87. The van der Waals surface area contributed by atoms with Crippen LogP contribution in [0.5, 0.6) is 0 Å². The van der Waals surface area contributed by atoms with E-state index in [-0.39, 0.29) is 24.7 Å². The average molecular weight is 543 g/mol. The van der Waals surface area contributed by atoms with Crippen LogP contribution in [-0.2, 0) is 27.4 Å². The Balaban J connectivity index is 1.17. The Bertz CT molecular complexity index is 1220. The molecule has 1 unspecified atom stereocenters. The molecule has 8 heteroatoms. The molecule has 0 aromatic heterocycles. The van der Waals surface area contributed by atoms with Crippen LogP contribution in [0.2, 0.25) is 0 Å². The van der Waals surface area contributed by atoms with Crippen molar-refractivity contribution in [2.75, 3.05) is 31.2 Å². The van der Waals surface area contributed by atoms with Crippen LogP contribution in [0.15, 0.2) is 78.9 Å². The molecular formula is C32H38N4O4. The molecule has 6 rings (SSSR count). The largest absolute Gasteiger partial charge is 0.392 e. The highest BCUT2D eigenvalue weighted by atomic mass is 16.7. The predicted molar refractivity (Wildman–Crippen MR) is 153 cm³/mol. The second-order valence-corrected chi connectivity index (χ2v) is 11.1. The molecule has 3 aromatic rings. The van der Waals surface area contributed by atoms with Crippen LogP contribution in [0.25, 0.3) is 0 Å². The van der Waals surface area contributed by atoms with Gasteiger partial charge in [0, 0.05) is 43.9 Å². The van der Waals surface area contributed by atoms with Gasteiger partial charge >= 0.3 is 0 Å². The first-order chi connectivity index (χ1) is 19.6. The highest BCUT2D eigenvalue weighted by molar-refractivity contribution is 5.93. The molecule has 0 aliphatic carbocycles. The van der Waals surface area contributed by atoms with Crippen LogP contribution in [0.4, 0.5) is 5.69 Å². The number of carbonyl (C=O) groups excluding carboxylic acids is 1. The number of nitrogens with two attached hydrogens (primary N) is 1. The quantitative estimate of drug-likeness (QED) is 0.419. The number of hydrogen-bond donors (Lipinski definition) is 3. The molecule has 210 valence electrons. The number of likely N-dealkylation sites (tertiary alicyclic amines) is 1. The van der Waals surface area contributed by atoms with Gasteiger partial charge in [-0.1, -0.05) is 66.7 Å². The van der Waals surface area contributed by atoms with Gasteiger partial charge in [-0.15, -0.1) is 0 Å². The third kappa shape index (κ3) is 5.38. The van der Waals surface area contributed by atoms with Crippen molar-refractivity contribution in [1.29, 1.82) is 0 Å². The summed E-state index contributed by atoms with van der Waals surface area (Å²) in [6.07, 6.45) is 1.62. The maximum atomic E-state index is 13.1. The molecule has 3 heterocycles. The van der Waals surface area contributed by atoms with Crippen molar-refractivity contribution in [3.8, 4) is 0 Å². The smallest absolute Gasteiger partial charge is 0.247 e. The molecule has 1 amide bonds. The third-order valence-corrected chi connectivity index (χ3v) is 8.65. The zero-order chi connectivity index (χ0) is 27.5. The first kappa shape index (κ1) is 26.9.